The molecule has 0 amide bonds. The molecule has 2 aromatic rings. The lowest BCUT2D eigenvalue weighted by Crippen LogP contribution is -2.02. The molecule has 0 bridgehead atoms. The number of carbonyl (C=O) groups is 1. The normalized spacial score (nSPS) is 10.3. The third-order valence-corrected chi connectivity index (χ3v) is 2.44. The second kappa shape index (κ2) is 5.01. The highest BCUT2D eigenvalue weighted by Gasteiger charge is 2.13. The Morgan fingerprint density at radius 3 is 2.21 bits per heavy atom. The maximum Gasteiger partial charge on any atom is 0.335 e. The van der Waals surface area contributed by atoms with E-state index in [1.54, 1.807) is 0 Å². The molecule has 0 aliphatic heterocycles. The number of aromatic carboxylic acids is 1. The Morgan fingerprint density at radius 2 is 1.63 bits per heavy atom. The summed E-state index contributed by atoms with van der Waals surface area (Å²) in [5, 5.41) is 11.0. The highest BCUT2D eigenvalue weighted by atomic mass is 19.1. The Kier molecular flexibility index (Phi) is 3.41. The first kappa shape index (κ1) is 12.9. The van der Waals surface area contributed by atoms with Crippen molar-refractivity contribution in [1.29, 1.82) is 0 Å². The van der Waals surface area contributed by atoms with Crippen LogP contribution in [0.5, 0.6) is 0 Å². The van der Waals surface area contributed by atoms with Crippen molar-refractivity contribution < 1.29 is 23.1 Å². The van der Waals surface area contributed by atoms with Gasteiger partial charge in [-0.25, -0.2) is 18.0 Å². The minimum Gasteiger partial charge on any atom is -0.478 e. The molecule has 0 saturated carbocycles. The van der Waals surface area contributed by atoms with Gasteiger partial charge in [-0.05, 0) is 30.3 Å². The molecule has 0 unspecified atom stereocenters. The molecule has 0 atom stereocenters. The van der Waals surface area contributed by atoms with Crippen molar-refractivity contribution >= 4 is 17.3 Å². The van der Waals surface area contributed by atoms with Crippen LogP contribution in [0.4, 0.5) is 24.5 Å². The molecule has 0 spiro atoms. The summed E-state index contributed by atoms with van der Waals surface area (Å²) < 4.78 is 40.3. The largest absolute Gasteiger partial charge is 0.478 e. The predicted octanol–water partition coefficient (Wildman–Crippen LogP) is 3.55. The van der Waals surface area contributed by atoms with Crippen molar-refractivity contribution in [2.45, 2.75) is 0 Å². The quantitative estimate of drug-likeness (QED) is 0.894. The Hall–Kier alpha value is -2.50. The lowest BCUT2D eigenvalue weighted by molar-refractivity contribution is 0.0697. The zero-order valence-corrected chi connectivity index (χ0v) is 9.45. The van der Waals surface area contributed by atoms with Crippen LogP contribution in [0.25, 0.3) is 0 Å². The van der Waals surface area contributed by atoms with Gasteiger partial charge in [-0.3, -0.25) is 0 Å². The molecular weight excluding hydrogens is 259 g/mol. The van der Waals surface area contributed by atoms with E-state index in [4.69, 9.17) is 5.11 Å². The standard InChI is InChI=1S/C13H8F3NO2/c14-8-5-4-7(13(18)19)6-11(8)17-12-9(15)2-1-3-10(12)16/h1-6,17H,(H,18,19). The number of hydrogen-bond acceptors (Lipinski definition) is 2. The van der Waals surface area contributed by atoms with E-state index in [-0.39, 0.29) is 11.3 Å². The summed E-state index contributed by atoms with van der Waals surface area (Å²) in [5.74, 6) is -3.88. The number of nitrogens with one attached hydrogen (secondary N) is 1. The maximum atomic E-state index is 13.5. The summed E-state index contributed by atoms with van der Waals surface area (Å²) in [5.41, 5.74) is -1.05. The van der Waals surface area contributed by atoms with Gasteiger partial charge in [-0.1, -0.05) is 6.07 Å². The van der Waals surface area contributed by atoms with E-state index < -0.39 is 29.1 Å². The molecule has 6 heteroatoms. The average Bonchev–Trinajstić information content (AvgIpc) is 2.35. The SMILES string of the molecule is O=C(O)c1ccc(F)c(Nc2c(F)cccc2F)c1. The number of halogens is 3. The lowest BCUT2D eigenvalue weighted by Gasteiger charge is -2.10. The van der Waals surface area contributed by atoms with Gasteiger partial charge >= 0.3 is 5.97 Å². The first-order chi connectivity index (χ1) is 8.99. The van der Waals surface area contributed by atoms with E-state index in [1.807, 2.05) is 0 Å². The van der Waals surface area contributed by atoms with E-state index in [2.05, 4.69) is 5.32 Å². The van der Waals surface area contributed by atoms with E-state index >= 15 is 0 Å². The van der Waals surface area contributed by atoms with Gasteiger partial charge in [0.25, 0.3) is 0 Å². The molecule has 3 nitrogen and oxygen atoms in total. The van der Waals surface area contributed by atoms with Crippen LogP contribution in [0.1, 0.15) is 10.4 Å². The fraction of sp³-hybridized carbons (Fsp3) is 0. The summed E-state index contributed by atoms with van der Waals surface area (Å²) in [6, 6.07) is 6.10. The van der Waals surface area contributed by atoms with E-state index in [0.717, 1.165) is 30.3 Å². The van der Waals surface area contributed by atoms with Crippen LogP contribution in [0.15, 0.2) is 36.4 Å². The van der Waals surface area contributed by atoms with Crippen molar-refractivity contribution in [3.8, 4) is 0 Å². The summed E-state index contributed by atoms with van der Waals surface area (Å²) in [6.45, 7) is 0. The molecule has 0 radical (unpaired) electrons. The average molecular weight is 267 g/mol. The monoisotopic (exact) mass is 267 g/mol. The van der Waals surface area contributed by atoms with Crippen LogP contribution in [0.2, 0.25) is 0 Å². The van der Waals surface area contributed by atoms with Gasteiger partial charge in [-0.15, -0.1) is 0 Å². The van der Waals surface area contributed by atoms with Crippen molar-refractivity contribution in [3.05, 3.63) is 59.4 Å². The van der Waals surface area contributed by atoms with Gasteiger partial charge in [0.15, 0.2) is 0 Å². The highest BCUT2D eigenvalue weighted by molar-refractivity contribution is 5.89. The maximum absolute atomic E-state index is 13.5. The van der Waals surface area contributed by atoms with Crippen molar-refractivity contribution in [3.63, 3.8) is 0 Å². The van der Waals surface area contributed by atoms with Crippen LogP contribution in [0, 0.1) is 17.5 Å². The fourth-order valence-electron chi connectivity index (χ4n) is 1.51. The van der Waals surface area contributed by atoms with Gasteiger partial charge in [0.2, 0.25) is 0 Å². The van der Waals surface area contributed by atoms with Crippen LogP contribution in [0.3, 0.4) is 0 Å². The zero-order chi connectivity index (χ0) is 14.0. The highest BCUT2D eigenvalue weighted by Crippen LogP contribution is 2.25. The molecule has 19 heavy (non-hydrogen) atoms. The number of benzene rings is 2. The van der Waals surface area contributed by atoms with Crippen molar-refractivity contribution in [1.82, 2.24) is 0 Å². The Labute approximate surface area is 106 Å². The molecule has 0 heterocycles. The van der Waals surface area contributed by atoms with Gasteiger partial charge in [0, 0.05) is 0 Å². The van der Waals surface area contributed by atoms with Crippen molar-refractivity contribution in [2.75, 3.05) is 5.32 Å². The first-order valence-electron chi connectivity index (χ1n) is 5.23. The number of anilines is 2. The van der Waals surface area contributed by atoms with Crippen LogP contribution in [-0.2, 0) is 0 Å². The predicted molar refractivity (Wildman–Crippen MR) is 63.0 cm³/mol. The number of carboxylic acid groups (broad SMARTS) is 1. The summed E-state index contributed by atoms with van der Waals surface area (Å²) in [4.78, 5) is 10.8. The molecular formula is C13H8F3NO2. The van der Waals surface area contributed by atoms with Crippen LogP contribution < -0.4 is 5.32 Å². The number of para-hydroxylation sites is 1. The van der Waals surface area contributed by atoms with E-state index in [9.17, 15) is 18.0 Å². The van der Waals surface area contributed by atoms with Gasteiger partial charge in [-0.2, -0.15) is 0 Å². The number of hydrogen-bond donors (Lipinski definition) is 2. The van der Waals surface area contributed by atoms with Gasteiger partial charge in [0.1, 0.15) is 23.1 Å². The molecule has 0 aliphatic carbocycles. The van der Waals surface area contributed by atoms with Gasteiger partial charge < -0.3 is 10.4 Å². The van der Waals surface area contributed by atoms with Crippen molar-refractivity contribution in [2.24, 2.45) is 0 Å². The Bertz CT molecular complexity index is 624. The third kappa shape index (κ3) is 2.67. The molecule has 2 aromatic carbocycles. The molecule has 0 aliphatic rings. The van der Waals surface area contributed by atoms with E-state index in [1.165, 1.54) is 6.07 Å². The summed E-state index contributed by atoms with van der Waals surface area (Å²) in [7, 11) is 0. The number of rotatable bonds is 3. The smallest absolute Gasteiger partial charge is 0.335 e. The lowest BCUT2D eigenvalue weighted by atomic mass is 10.2. The summed E-state index contributed by atoms with van der Waals surface area (Å²) >= 11 is 0. The second-order valence-electron chi connectivity index (χ2n) is 3.72. The fourth-order valence-corrected chi connectivity index (χ4v) is 1.51. The summed E-state index contributed by atoms with van der Waals surface area (Å²) in [6.07, 6.45) is 0. The Morgan fingerprint density at radius 1 is 1.00 bits per heavy atom. The van der Waals surface area contributed by atoms with E-state index in [0.29, 0.717) is 0 Å². The van der Waals surface area contributed by atoms with Gasteiger partial charge in [0.05, 0.1) is 11.3 Å². The molecule has 98 valence electrons. The number of carboxylic acids is 1. The Balaban J connectivity index is 2.43. The molecule has 2 N–H and O–H groups in total. The van der Waals surface area contributed by atoms with Crippen LogP contribution in [-0.4, -0.2) is 11.1 Å². The molecule has 0 saturated heterocycles. The second-order valence-corrected chi connectivity index (χ2v) is 3.72. The molecule has 0 aromatic heterocycles. The minimum atomic E-state index is -1.27. The van der Waals surface area contributed by atoms with Crippen LogP contribution >= 0.6 is 0 Å². The first-order valence-corrected chi connectivity index (χ1v) is 5.23. The topological polar surface area (TPSA) is 49.3 Å². The minimum absolute atomic E-state index is 0.194. The molecule has 2 rings (SSSR count). The molecule has 0 fully saturated rings. The zero-order valence-electron chi connectivity index (χ0n) is 9.45. The third-order valence-electron chi connectivity index (χ3n) is 2.44.